The van der Waals surface area contributed by atoms with E-state index in [0.29, 0.717) is 37.3 Å². The first kappa shape index (κ1) is 19.7. The summed E-state index contributed by atoms with van der Waals surface area (Å²) < 4.78 is 6.23. The monoisotopic (exact) mass is 388 g/mol. The molecular weight excluding hydrogens is 364 g/mol. The number of anilines is 1. The van der Waals surface area contributed by atoms with E-state index in [1.54, 1.807) is 20.1 Å². The number of carbonyl (C=O) groups is 2. The van der Waals surface area contributed by atoms with Gasteiger partial charge >= 0.3 is 11.8 Å². The highest BCUT2D eigenvalue weighted by atomic mass is 16.5. The zero-order chi connectivity index (χ0) is 20.1. The summed E-state index contributed by atoms with van der Waals surface area (Å²) in [4.78, 5) is 43.7. The number of aromatic nitrogens is 4. The third kappa shape index (κ3) is 4.45. The summed E-state index contributed by atoms with van der Waals surface area (Å²) >= 11 is 0. The lowest BCUT2D eigenvalue weighted by Gasteiger charge is -2.15. The second kappa shape index (κ2) is 8.79. The van der Waals surface area contributed by atoms with Crippen LogP contribution in [0.2, 0.25) is 0 Å². The summed E-state index contributed by atoms with van der Waals surface area (Å²) in [5.74, 6) is -1.10. The molecule has 10 heteroatoms. The highest BCUT2D eigenvalue weighted by molar-refractivity contribution is 6.39. The Balaban J connectivity index is 1.78. The van der Waals surface area contributed by atoms with Gasteiger partial charge < -0.3 is 15.4 Å². The van der Waals surface area contributed by atoms with Crippen molar-refractivity contribution in [3.8, 4) is 5.95 Å². The van der Waals surface area contributed by atoms with Gasteiger partial charge in [-0.25, -0.2) is 4.98 Å². The minimum Gasteiger partial charge on any atom is -0.385 e. The molecule has 0 saturated heterocycles. The molecule has 0 aromatic carbocycles. The molecule has 0 bridgehead atoms. The van der Waals surface area contributed by atoms with E-state index < -0.39 is 11.8 Å². The zero-order valence-electron chi connectivity index (χ0n) is 16.0. The Hall–Kier alpha value is -3.01. The van der Waals surface area contributed by atoms with E-state index >= 15 is 0 Å². The molecule has 0 spiro atoms. The van der Waals surface area contributed by atoms with Crippen LogP contribution in [0.15, 0.2) is 10.9 Å². The van der Waals surface area contributed by atoms with Gasteiger partial charge in [0.2, 0.25) is 5.95 Å². The van der Waals surface area contributed by atoms with Gasteiger partial charge in [0, 0.05) is 31.9 Å². The Labute approximate surface area is 161 Å². The minimum absolute atomic E-state index is 0.194. The number of hydrogen-bond donors (Lipinski definition) is 3. The molecule has 0 saturated carbocycles. The molecule has 0 aliphatic heterocycles. The smallest absolute Gasteiger partial charge is 0.314 e. The van der Waals surface area contributed by atoms with Gasteiger partial charge in [0.25, 0.3) is 5.56 Å². The number of nitrogens with zero attached hydrogens (tertiary/aromatic N) is 3. The molecule has 10 nitrogen and oxygen atoms in total. The van der Waals surface area contributed by atoms with Crippen LogP contribution in [0.3, 0.4) is 0 Å². The molecule has 2 amide bonds. The number of ether oxygens (including phenoxy) is 1. The van der Waals surface area contributed by atoms with Crippen LogP contribution in [0.1, 0.15) is 36.2 Å². The molecule has 3 N–H and O–H groups in total. The third-order valence-corrected chi connectivity index (χ3v) is 4.47. The number of fused-ring (bicyclic) bond motifs is 1. The Bertz CT molecular complexity index is 933. The van der Waals surface area contributed by atoms with Crippen molar-refractivity contribution < 1.29 is 14.3 Å². The van der Waals surface area contributed by atoms with Crippen LogP contribution >= 0.6 is 0 Å². The highest BCUT2D eigenvalue weighted by Gasteiger charge is 2.20. The average molecular weight is 388 g/mol. The standard InChI is InChI=1S/C18H24N6O4/c1-11-10-14(21-17(27)16(26)19-8-5-9-28-2)24(23-11)18-20-13-7-4-3-6-12(13)15(25)22-18/h10H,3-9H2,1-2H3,(H,19,26)(H,21,27)(H,20,22,25). The molecule has 0 fully saturated rings. The van der Waals surface area contributed by atoms with Crippen molar-refractivity contribution >= 4 is 17.6 Å². The average Bonchev–Trinajstić information content (AvgIpc) is 3.05. The Morgan fingerprint density at radius 2 is 2.07 bits per heavy atom. The van der Waals surface area contributed by atoms with E-state index in [9.17, 15) is 14.4 Å². The minimum atomic E-state index is -0.820. The van der Waals surface area contributed by atoms with Crippen LogP contribution in [0.4, 0.5) is 5.82 Å². The van der Waals surface area contributed by atoms with Crippen molar-refractivity contribution in [2.24, 2.45) is 0 Å². The molecule has 150 valence electrons. The summed E-state index contributed by atoms with van der Waals surface area (Å²) in [5.41, 5.74) is 1.88. The van der Waals surface area contributed by atoms with Crippen LogP contribution in [0.25, 0.3) is 5.95 Å². The van der Waals surface area contributed by atoms with Gasteiger partial charge in [0.1, 0.15) is 5.82 Å². The summed E-state index contributed by atoms with van der Waals surface area (Å²) in [6.45, 7) is 2.57. The Kier molecular flexibility index (Phi) is 6.19. The van der Waals surface area contributed by atoms with Crippen LogP contribution in [-0.4, -0.2) is 51.8 Å². The number of hydrogen-bond acceptors (Lipinski definition) is 6. The molecule has 28 heavy (non-hydrogen) atoms. The van der Waals surface area contributed by atoms with Crippen molar-refractivity contribution in [2.45, 2.75) is 39.0 Å². The topological polar surface area (TPSA) is 131 Å². The second-order valence-corrected chi connectivity index (χ2v) is 6.66. The van der Waals surface area contributed by atoms with E-state index in [-0.39, 0.29) is 17.3 Å². The van der Waals surface area contributed by atoms with Gasteiger partial charge in [-0.2, -0.15) is 9.78 Å². The first-order valence-electron chi connectivity index (χ1n) is 9.27. The quantitative estimate of drug-likeness (QED) is 0.480. The van der Waals surface area contributed by atoms with Crippen LogP contribution in [0.5, 0.6) is 0 Å². The summed E-state index contributed by atoms with van der Waals surface area (Å²) in [6.07, 6.45) is 4.00. The maximum absolute atomic E-state index is 12.4. The molecule has 2 aromatic heterocycles. The number of rotatable bonds is 6. The predicted molar refractivity (Wildman–Crippen MR) is 101 cm³/mol. The van der Waals surface area contributed by atoms with E-state index in [0.717, 1.165) is 25.0 Å². The van der Waals surface area contributed by atoms with Crippen molar-refractivity contribution in [1.82, 2.24) is 25.1 Å². The summed E-state index contributed by atoms with van der Waals surface area (Å²) in [7, 11) is 1.57. The highest BCUT2D eigenvalue weighted by Crippen LogP contribution is 2.19. The maximum atomic E-state index is 12.4. The fourth-order valence-corrected chi connectivity index (χ4v) is 3.11. The van der Waals surface area contributed by atoms with Crippen LogP contribution in [0, 0.1) is 6.92 Å². The predicted octanol–water partition coefficient (Wildman–Crippen LogP) is 0.234. The molecular formula is C18H24N6O4. The number of H-pyrrole nitrogens is 1. The first-order chi connectivity index (χ1) is 13.5. The van der Waals surface area contributed by atoms with Gasteiger partial charge in [0.15, 0.2) is 0 Å². The zero-order valence-corrected chi connectivity index (χ0v) is 16.0. The van der Waals surface area contributed by atoms with E-state index in [1.165, 1.54) is 4.68 Å². The van der Waals surface area contributed by atoms with Gasteiger partial charge in [-0.3, -0.25) is 19.4 Å². The van der Waals surface area contributed by atoms with Gasteiger partial charge in [-0.15, -0.1) is 0 Å². The van der Waals surface area contributed by atoms with Gasteiger partial charge in [-0.05, 0) is 39.0 Å². The lowest BCUT2D eigenvalue weighted by Crippen LogP contribution is -2.36. The number of carbonyl (C=O) groups excluding carboxylic acids is 2. The van der Waals surface area contributed by atoms with Crippen molar-refractivity contribution in [3.05, 3.63) is 33.4 Å². The van der Waals surface area contributed by atoms with E-state index in [1.807, 2.05) is 0 Å². The number of methoxy groups -OCH3 is 1. The summed E-state index contributed by atoms with van der Waals surface area (Å²) in [5, 5.41) is 9.34. The SMILES string of the molecule is COCCCNC(=O)C(=O)Nc1cc(C)nn1-c1nc2c(c(=O)[nH]1)CCCC2. The van der Waals surface area contributed by atoms with Gasteiger partial charge in [0.05, 0.1) is 11.4 Å². The fourth-order valence-electron chi connectivity index (χ4n) is 3.11. The molecule has 0 atom stereocenters. The molecule has 2 heterocycles. The number of nitrogens with one attached hydrogen (secondary N) is 3. The maximum Gasteiger partial charge on any atom is 0.314 e. The van der Waals surface area contributed by atoms with Crippen molar-refractivity contribution in [3.63, 3.8) is 0 Å². The van der Waals surface area contributed by atoms with Crippen molar-refractivity contribution in [1.29, 1.82) is 0 Å². The lowest BCUT2D eigenvalue weighted by atomic mass is 9.97. The molecule has 2 aromatic rings. The summed E-state index contributed by atoms with van der Waals surface area (Å²) in [6, 6.07) is 1.61. The largest absolute Gasteiger partial charge is 0.385 e. The molecule has 0 radical (unpaired) electrons. The fraction of sp³-hybridized carbons (Fsp3) is 0.500. The Morgan fingerprint density at radius 3 is 2.86 bits per heavy atom. The third-order valence-electron chi connectivity index (χ3n) is 4.47. The molecule has 0 unspecified atom stereocenters. The van der Waals surface area contributed by atoms with Crippen molar-refractivity contribution in [2.75, 3.05) is 25.6 Å². The molecule has 3 rings (SSSR count). The normalized spacial score (nSPS) is 13.1. The number of aryl methyl sites for hydroxylation is 2. The molecule has 1 aliphatic rings. The van der Waals surface area contributed by atoms with E-state index in [4.69, 9.17) is 4.74 Å². The van der Waals surface area contributed by atoms with Gasteiger partial charge in [-0.1, -0.05) is 0 Å². The number of amides is 2. The van der Waals surface area contributed by atoms with Crippen LogP contribution in [-0.2, 0) is 27.2 Å². The van der Waals surface area contributed by atoms with Crippen LogP contribution < -0.4 is 16.2 Å². The van der Waals surface area contributed by atoms with E-state index in [2.05, 4.69) is 25.7 Å². The lowest BCUT2D eigenvalue weighted by molar-refractivity contribution is -0.136. The second-order valence-electron chi connectivity index (χ2n) is 6.66. The first-order valence-corrected chi connectivity index (χ1v) is 9.27. The number of aromatic amines is 1. The Morgan fingerprint density at radius 1 is 1.29 bits per heavy atom. The molecule has 1 aliphatic carbocycles.